The van der Waals surface area contributed by atoms with Crippen molar-refractivity contribution in [2.45, 2.75) is 6.54 Å². The van der Waals surface area contributed by atoms with Gasteiger partial charge in [-0.25, -0.2) is 9.78 Å². The Balaban J connectivity index is 1.73. The minimum absolute atomic E-state index is 0.429. The van der Waals surface area contributed by atoms with Crippen LogP contribution in [-0.4, -0.2) is 18.2 Å². The van der Waals surface area contributed by atoms with Crippen LogP contribution in [0, 0.1) is 0 Å². The monoisotopic (exact) mass is 324 g/mol. The van der Waals surface area contributed by atoms with Crippen molar-refractivity contribution in [3.8, 4) is 21.8 Å². The Kier molecular flexibility index (Phi) is 4.68. The van der Waals surface area contributed by atoms with Crippen LogP contribution in [0.1, 0.15) is 5.56 Å². The molecule has 0 unspecified atom stereocenters. The molecule has 0 fully saturated rings. The Hall–Kier alpha value is -2.66. The average Bonchev–Trinajstić information content (AvgIpc) is 3.11. The molecule has 4 nitrogen and oxygen atoms in total. The molecule has 0 saturated heterocycles. The van der Waals surface area contributed by atoms with Gasteiger partial charge in [-0.1, -0.05) is 54.6 Å². The molecule has 1 heterocycles. The first-order valence-electron chi connectivity index (χ1n) is 7.18. The van der Waals surface area contributed by atoms with E-state index in [4.69, 9.17) is 4.98 Å². The number of thiazole rings is 1. The number of alkyl carbamates (subject to hydrolysis) is 1. The molecule has 0 saturated carbocycles. The van der Waals surface area contributed by atoms with Gasteiger partial charge >= 0.3 is 6.09 Å². The summed E-state index contributed by atoms with van der Waals surface area (Å²) in [6.45, 7) is 0.445. The maximum Gasteiger partial charge on any atom is 0.407 e. The number of nitrogens with one attached hydrogen (secondary N) is 1. The van der Waals surface area contributed by atoms with Crippen molar-refractivity contribution in [1.29, 1.82) is 0 Å². The predicted molar refractivity (Wildman–Crippen MR) is 92.2 cm³/mol. The molecule has 3 aromatic rings. The molecule has 2 aromatic carbocycles. The molecule has 0 aliphatic heterocycles. The molecule has 1 N–H and O–H groups in total. The molecule has 116 valence electrons. The molecule has 1 amide bonds. The fourth-order valence-electron chi connectivity index (χ4n) is 2.16. The van der Waals surface area contributed by atoms with Crippen LogP contribution in [0.3, 0.4) is 0 Å². The van der Waals surface area contributed by atoms with Crippen molar-refractivity contribution in [2.75, 3.05) is 7.11 Å². The molecular weight excluding hydrogens is 308 g/mol. The summed E-state index contributed by atoms with van der Waals surface area (Å²) < 4.78 is 4.55. The van der Waals surface area contributed by atoms with Gasteiger partial charge in [0.15, 0.2) is 0 Å². The predicted octanol–water partition coefficient (Wildman–Crippen LogP) is 4.33. The van der Waals surface area contributed by atoms with Crippen LogP contribution in [0.5, 0.6) is 0 Å². The minimum Gasteiger partial charge on any atom is -0.453 e. The number of benzene rings is 2. The van der Waals surface area contributed by atoms with Gasteiger partial charge in [0.2, 0.25) is 0 Å². The summed E-state index contributed by atoms with van der Waals surface area (Å²) in [5, 5.41) is 5.71. The van der Waals surface area contributed by atoms with E-state index in [9.17, 15) is 4.79 Å². The summed E-state index contributed by atoms with van der Waals surface area (Å²) in [7, 11) is 1.35. The SMILES string of the molecule is COC(=O)NCc1ccc(-c2nc(-c3ccccc3)cs2)cc1. The second kappa shape index (κ2) is 7.07. The number of hydrogen-bond acceptors (Lipinski definition) is 4. The van der Waals surface area contributed by atoms with Crippen LogP contribution in [0.2, 0.25) is 0 Å². The number of carbonyl (C=O) groups excluding carboxylic acids is 1. The van der Waals surface area contributed by atoms with Crippen LogP contribution in [0.15, 0.2) is 60.0 Å². The van der Waals surface area contributed by atoms with Gasteiger partial charge in [-0.05, 0) is 5.56 Å². The zero-order chi connectivity index (χ0) is 16.1. The number of hydrogen-bond donors (Lipinski definition) is 1. The normalized spacial score (nSPS) is 10.3. The van der Waals surface area contributed by atoms with Gasteiger partial charge in [-0.2, -0.15) is 0 Å². The molecule has 0 bridgehead atoms. The summed E-state index contributed by atoms with van der Waals surface area (Å²) in [5.74, 6) is 0. The first kappa shape index (κ1) is 15.2. The Morgan fingerprint density at radius 2 is 1.83 bits per heavy atom. The fraction of sp³-hybridized carbons (Fsp3) is 0.111. The van der Waals surface area contributed by atoms with E-state index in [-0.39, 0.29) is 0 Å². The Labute approximate surface area is 138 Å². The maximum atomic E-state index is 11.1. The van der Waals surface area contributed by atoms with Gasteiger partial charge in [0.25, 0.3) is 0 Å². The van der Waals surface area contributed by atoms with Crippen LogP contribution < -0.4 is 5.32 Å². The van der Waals surface area contributed by atoms with Crippen molar-refractivity contribution in [2.24, 2.45) is 0 Å². The number of nitrogens with zero attached hydrogens (tertiary/aromatic N) is 1. The number of ether oxygens (including phenoxy) is 1. The number of rotatable bonds is 4. The molecule has 5 heteroatoms. The van der Waals surface area contributed by atoms with Gasteiger partial charge < -0.3 is 10.1 Å². The average molecular weight is 324 g/mol. The highest BCUT2D eigenvalue weighted by Crippen LogP contribution is 2.28. The Bertz CT molecular complexity index is 782. The van der Waals surface area contributed by atoms with Gasteiger partial charge in [0, 0.05) is 23.1 Å². The number of carbonyl (C=O) groups is 1. The van der Waals surface area contributed by atoms with Crippen LogP contribution >= 0.6 is 11.3 Å². The van der Waals surface area contributed by atoms with Crippen molar-refractivity contribution in [3.05, 3.63) is 65.5 Å². The topological polar surface area (TPSA) is 51.2 Å². The van der Waals surface area contributed by atoms with Gasteiger partial charge in [-0.3, -0.25) is 0 Å². The largest absolute Gasteiger partial charge is 0.453 e. The lowest BCUT2D eigenvalue weighted by molar-refractivity contribution is 0.170. The van der Waals surface area contributed by atoms with Crippen molar-refractivity contribution >= 4 is 17.4 Å². The summed E-state index contributed by atoms with van der Waals surface area (Å²) in [5.41, 5.74) is 4.19. The molecule has 0 spiro atoms. The summed E-state index contributed by atoms with van der Waals surface area (Å²) in [6, 6.07) is 18.1. The van der Waals surface area contributed by atoms with Gasteiger partial charge in [0.1, 0.15) is 5.01 Å². The lowest BCUT2D eigenvalue weighted by Crippen LogP contribution is -2.22. The first-order chi connectivity index (χ1) is 11.3. The minimum atomic E-state index is -0.429. The summed E-state index contributed by atoms with van der Waals surface area (Å²) >= 11 is 1.62. The van der Waals surface area contributed by atoms with Crippen molar-refractivity contribution in [1.82, 2.24) is 10.3 Å². The zero-order valence-corrected chi connectivity index (χ0v) is 13.5. The summed E-state index contributed by atoms with van der Waals surface area (Å²) in [4.78, 5) is 15.8. The summed E-state index contributed by atoms with van der Waals surface area (Å²) in [6.07, 6.45) is -0.429. The van der Waals surface area contributed by atoms with E-state index in [1.165, 1.54) is 7.11 Å². The van der Waals surface area contributed by atoms with E-state index in [0.29, 0.717) is 6.54 Å². The second-order valence-corrected chi connectivity index (χ2v) is 5.80. The number of aromatic nitrogens is 1. The highest BCUT2D eigenvalue weighted by molar-refractivity contribution is 7.13. The first-order valence-corrected chi connectivity index (χ1v) is 8.06. The van der Waals surface area contributed by atoms with E-state index in [1.807, 2.05) is 42.5 Å². The molecule has 0 aliphatic rings. The maximum absolute atomic E-state index is 11.1. The van der Waals surface area contributed by atoms with E-state index in [2.05, 4.69) is 27.6 Å². The third-order valence-corrected chi connectivity index (χ3v) is 4.29. The van der Waals surface area contributed by atoms with E-state index >= 15 is 0 Å². The molecule has 0 atom stereocenters. The third kappa shape index (κ3) is 3.76. The standard InChI is InChI=1S/C18H16N2O2S/c1-22-18(21)19-11-13-7-9-15(10-8-13)17-20-16(12-23-17)14-5-3-2-4-6-14/h2-10,12H,11H2,1H3,(H,19,21). The molecule has 1 aromatic heterocycles. The zero-order valence-electron chi connectivity index (χ0n) is 12.7. The van der Waals surface area contributed by atoms with Crippen LogP contribution in [-0.2, 0) is 11.3 Å². The number of methoxy groups -OCH3 is 1. The smallest absolute Gasteiger partial charge is 0.407 e. The van der Waals surface area contributed by atoms with Gasteiger partial charge in [-0.15, -0.1) is 11.3 Å². The van der Waals surface area contributed by atoms with Gasteiger partial charge in [0.05, 0.1) is 12.8 Å². The second-order valence-electron chi connectivity index (χ2n) is 4.95. The van der Waals surface area contributed by atoms with Crippen molar-refractivity contribution in [3.63, 3.8) is 0 Å². The highest BCUT2D eigenvalue weighted by atomic mass is 32.1. The van der Waals surface area contributed by atoms with Crippen molar-refractivity contribution < 1.29 is 9.53 Å². The molecule has 3 rings (SSSR count). The molecular formula is C18H16N2O2S. The number of amides is 1. The quantitative estimate of drug-likeness (QED) is 0.777. The molecule has 23 heavy (non-hydrogen) atoms. The third-order valence-electron chi connectivity index (χ3n) is 3.40. The van der Waals surface area contributed by atoms with E-state index in [1.54, 1.807) is 11.3 Å². The highest BCUT2D eigenvalue weighted by Gasteiger charge is 2.07. The molecule has 0 radical (unpaired) electrons. The van der Waals surface area contributed by atoms with Crippen LogP contribution in [0.25, 0.3) is 21.8 Å². The van der Waals surface area contributed by atoms with E-state index in [0.717, 1.165) is 27.4 Å². The lowest BCUT2D eigenvalue weighted by Gasteiger charge is -2.04. The Morgan fingerprint density at radius 1 is 1.09 bits per heavy atom. The Morgan fingerprint density at radius 3 is 2.52 bits per heavy atom. The van der Waals surface area contributed by atoms with E-state index < -0.39 is 6.09 Å². The van der Waals surface area contributed by atoms with Crippen LogP contribution in [0.4, 0.5) is 4.79 Å². The molecule has 0 aliphatic carbocycles. The lowest BCUT2D eigenvalue weighted by atomic mass is 10.1. The fourth-order valence-corrected chi connectivity index (χ4v) is 2.99.